The number of halogens is 1. The van der Waals surface area contributed by atoms with Crippen molar-refractivity contribution in [2.45, 2.75) is 6.92 Å². The Balaban J connectivity index is 0.00000144. The van der Waals surface area contributed by atoms with Gasteiger partial charge in [0.25, 0.3) is 0 Å². The summed E-state index contributed by atoms with van der Waals surface area (Å²) in [7, 11) is 1.72. The zero-order chi connectivity index (χ0) is 11.7. The predicted octanol–water partition coefficient (Wildman–Crippen LogP) is 3.58. The molecular formula is C13H14ClN2OU-. The molecule has 0 unspecified atom stereocenters. The number of aromatic nitrogens is 1. The predicted molar refractivity (Wildman–Crippen MR) is 72.7 cm³/mol. The van der Waals surface area contributed by atoms with Crippen molar-refractivity contribution in [3.63, 3.8) is 0 Å². The molecule has 1 aromatic carbocycles. The number of rotatable bonds is 2. The Labute approximate surface area is 136 Å². The monoisotopic (exact) mass is 487 g/mol. The molecule has 94 valence electrons. The molecule has 0 radical (unpaired) electrons. The van der Waals surface area contributed by atoms with Crippen LogP contribution in [-0.2, 0) is 0 Å². The smallest absolute Gasteiger partial charge is 0.165 e. The number of anilines is 1. The first-order valence-electron chi connectivity index (χ1n) is 4.92. The van der Waals surface area contributed by atoms with Gasteiger partial charge in [-0.15, -0.1) is 0 Å². The Kier molecular flexibility index (Phi) is 6.91. The van der Waals surface area contributed by atoms with Crippen LogP contribution in [0, 0.1) is 38.5 Å². The fourth-order valence-electron chi connectivity index (χ4n) is 1.67. The van der Waals surface area contributed by atoms with Gasteiger partial charge in [-0.1, -0.05) is 29.8 Å². The van der Waals surface area contributed by atoms with Crippen LogP contribution < -0.4 is 5.32 Å². The number of pyridine rings is 1. The molecule has 1 N–H and O–H groups in total. The topological polar surface area (TPSA) is 42.0 Å². The van der Waals surface area contributed by atoms with Crippen molar-refractivity contribution in [3.05, 3.63) is 42.3 Å². The van der Waals surface area contributed by atoms with E-state index in [-0.39, 0.29) is 44.3 Å². The van der Waals surface area contributed by atoms with Gasteiger partial charge in [0, 0.05) is 43.5 Å². The van der Waals surface area contributed by atoms with Gasteiger partial charge in [-0.3, -0.25) is 4.79 Å². The minimum atomic E-state index is -0.0902. The number of nitrogens with zero attached hydrogens (tertiary/aromatic N) is 1. The maximum Gasteiger partial charge on any atom is 0.165 e. The van der Waals surface area contributed by atoms with E-state index in [1.54, 1.807) is 7.05 Å². The van der Waals surface area contributed by atoms with Crippen molar-refractivity contribution < 1.29 is 35.9 Å². The number of hydrogen-bond acceptors (Lipinski definition) is 3. The number of ketones is 1. The van der Waals surface area contributed by atoms with Gasteiger partial charge >= 0.3 is 0 Å². The SMILES string of the molecule is CNc1nc2ccccc2c(Cl)c1C(C)=O.[CH3-].[U]. The van der Waals surface area contributed by atoms with Crippen LogP contribution in [0.2, 0.25) is 5.02 Å². The number of benzene rings is 1. The normalized spacial score (nSPS) is 9.28. The molecule has 0 saturated carbocycles. The van der Waals surface area contributed by atoms with Gasteiger partial charge in [0.2, 0.25) is 0 Å². The molecular weight excluding hydrogens is 474 g/mol. The summed E-state index contributed by atoms with van der Waals surface area (Å²) in [5.74, 6) is 0.434. The van der Waals surface area contributed by atoms with E-state index in [2.05, 4.69) is 10.3 Å². The van der Waals surface area contributed by atoms with E-state index in [0.717, 1.165) is 10.9 Å². The van der Waals surface area contributed by atoms with Crippen LogP contribution in [0.25, 0.3) is 10.9 Å². The van der Waals surface area contributed by atoms with Gasteiger partial charge in [0.05, 0.1) is 16.1 Å². The molecule has 18 heavy (non-hydrogen) atoms. The van der Waals surface area contributed by atoms with E-state index >= 15 is 0 Å². The second kappa shape index (κ2) is 7.13. The summed E-state index contributed by atoms with van der Waals surface area (Å²) in [5, 5.41) is 4.15. The first kappa shape index (κ1) is 17.4. The van der Waals surface area contributed by atoms with Gasteiger partial charge in [-0.05, 0) is 13.0 Å². The molecule has 0 amide bonds. The molecule has 1 heterocycles. The third kappa shape index (κ3) is 3.06. The number of carbonyl (C=O) groups excluding carboxylic acids is 1. The van der Waals surface area contributed by atoms with Crippen molar-refractivity contribution in [2.24, 2.45) is 0 Å². The van der Waals surface area contributed by atoms with Crippen molar-refractivity contribution in [1.82, 2.24) is 4.98 Å². The van der Waals surface area contributed by atoms with E-state index in [4.69, 9.17) is 11.6 Å². The average Bonchev–Trinajstić information content (AvgIpc) is 2.28. The standard InChI is InChI=1S/C12H11ClN2O.CH3.U/c1-7(16)10-11(13)8-5-3-4-6-9(8)15-12(10)14-2;;/h3-6H,1-2H3,(H,14,15);1H3;/q;-1;. The summed E-state index contributed by atoms with van der Waals surface area (Å²) in [6.45, 7) is 1.48. The van der Waals surface area contributed by atoms with E-state index < -0.39 is 0 Å². The van der Waals surface area contributed by atoms with Crippen LogP contribution in [0.1, 0.15) is 17.3 Å². The number of nitrogens with one attached hydrogen (secondary N) is 1. The first-order chi connectivity index (χ1) is 7.65. The van der Waals surface area contributed by atoms with Gasteiger partial charge in [0.15, 0.2) is 5.78 Å². The molecule has 5 heteroatoms. The Morgan fingerprint density at radius 3 is 2.50 bits per heavy atom. The summed E-state index contributed by atoms with van der Waals surface area (Å²) >= 11 is 6.22. The third-order valence-electron chi connectivity index (χ3n) is 2.42. The molecule has 2 aromatic rings. The molecule has 2 rings (SSSR count). The van der Waals surface area contributed by atoms with Crippen LogP contribution in [0.5, 0.6) is 0 Å². The molecule has 0 aliphatic rings. The first-order valence-corrected chi connectivity index (χ1v) is 5.30. The van der Waals surface area contributed by atoms with E-state index in [0.29, 0.717) is 16.4 Å². The van der Waals surface area contributed by atoms with Gasteiger partial charge < -0.3 is 12.7 Å². The summed E-state index contributed by atoms with van der Waals surface area (Å²) in [6.07, 6.45) is 0. The van der Waals surface area contributed by atoms with Crippen LogP contribution >= 0.6 is 11.6 Å². The quantitative estimate of drug-likeness (QED) is 0.520. The molecule has 0 bridgehead atoms. The molecule has 1 aromatic heterocycles. The second-order valence-electron chi connectivity index (χ2n) is 3.47. The van der Waals surface area contributed by atoms with Crippen molar-refractivity contribution in [1.29, 1.82) is 0 Å². The number of Topliss-reactive ketones (excluding diaryl/α,β-unsaturated/α-hetero) is 1. The maximum absolute atomic E-state index is 11.5. The van der Waals surface area contributed by atoms with E-state index in [1.807, 2.05) is 24.3 Å². The Morgan fingerprint density at radius 2 is 1.94 bits per heavy atom. The zero-order valence-electron chi connectivity index (χ0n) is 10.5. The summed E-state index contributed by atoms with van der Waals surface area (Å²) < 4.78 is 0. The largest absolute Gasteiger partial charge is 0.372 e. The molecule has 0 saturated heterocycles. The Morgan fingerprint density at radius 1 is 1.33 bits per heavy atom. The molecule has 0 atom stereocenters. The number of fused-ring (bicyclic) bond motifs is 1. The minimum absolute atomic E-state index is 0. The van der Waals surface area contributed by atoms with E-state index in [9.17, 15) is 4.79 Å². The van der Waals surface area contributed by atoms with Crippen LogP contribution in [0.4, 0.5) is 5.82 Å². The molecule has 3 nitrogen and oxygen atoms in total. The van der Waals surface area contributed by atoms with Crippen molar-refractivity contribution >= 4 is 34.1 Å². The molecule has 0 aliphatic heterocycles. The fraction of sp³-hybridized carbons (Fsp3) is 0.154. The Hall–Kier alpha value is -0.558. The van der Waals surface area contributed by atoms with E-state index in [1.165, 1.54) is 6.92 Å². The number of para-hydroxylation sites is 1. The maximum atomic E-state index is 11.5. The summed E-state index contributed by atoms with van der Waals surface area (Å²) in [4.78, 5) is 15.9. The van der Waals surface area contributed by atoms with Crippen molar-refractivity contribution in [3.8, 4) is 0 Å². The fourth-order valence-corrected chi connectivity index (χ4v) is 2.06. The summed E-state index contributed by atoms with van der Waals surface area (Å²) in [5.41, 5.74) is 1.23. The van der Waals surface area contributed by atoms with Gasteiger partial charge in [-0.2, -0.15) is 0 Å². The minimum Gasteiger partial charge on any atom is -0.372 e. The molecule has 0 fully saturated rings. The summed E-state index contributed by atoms with van der Waals surface area (Å²) in [6, 6.07) is 7.49. The van der Waals surface area contributed by atoms with Crippen molar-refractivity contribution in [2.75, 3.05) is 12.4 Å². The average molecular weight is 488 g/mol. The Bertz CT molecular complexity index is 572. The van der Waals surface area contributed by atoms with Crippen LogP contribution in [-0.4, -0.2) is 17.8 Å². The van der Waals surface area contributed by atoms with Gasteiger partial charge in [-0.25, -0.2) is 4.98 Å². The second-order valence-corrected chi connectivity index (χ2v) is 3.85. The van der Waals surface area contributed by atoms with Gasteiger partial charge in [0.1, 0.15) is 5.82 Å². The zero-order valence-corrected chi connectivity index (χ0v) is 15.5. The number of hydrogen-bond donors (Lipinski definition) is 1. The number of carbonyl (C=O) groups is 1. The molecule has 0 aliphatic carbocycles. The molecule has 0 spiro atoms. The third-order valence-corrected chi connectivity index (χ3v) is 2.81. The van der Waals surface area contributed by atoms with Crippen LogP contribution in [0.3, 0.4) is 0 Å². The van der Waals surface area contributed by atoms with Crippen LogP contribution in [0.15, 0.2) is 24.3 Å².